The van der Waals surface area contributed by atoms with Crippen LogP contribution in [-0.2, 0) is 4.79 Å². The monoisotopic (exact) mass is 288 g/mol. The minimum absolute atomic E-state index is 0.112. The minimum Gasteiger partial charge on any atom is -0.480 e. The Morgan fingerprint density at radius 1 is 1.33 bits per heavy atom. The molecule has 0 unspecified atom stereocenters. The second kappa shape index (κ2) is 6.21. The number of carbonyl (C=O) groups is 1. The molecule has 0 amide bonds. The smallest absolute Gasteiger partial charge is 0.328 e. The molecule has 1 heterocycles. The van der Waals surface area contributed by atoms with Gasteiger partial charge in [-0.2, -0.15) is 0 Å². The summed E-state index contributed by atoms with van der Waals surface area (Å²) in [5, 5.41) is 18.8. The van der Waals surface area contributed by atoms with Crippen LogP contribution in [0.3, 0.4) is 0 Å². The first-order chi connectivity index (χ1) is 9.99. The van der Waals surface area contributed by atoms with E-state index in [2.05, 4.69) is 9.98 Å². The van der Waals surface area contributed by atoms with Gasteiger partial charge in [-0.15, -0.1) is 0 Å². The molecule has 0 fully saturated rings. The normalized spacial score (nSPS) is 12.9. The highest BCUT2D eigenvalue weighted by atomic mass is 16.5. The number of carboxylic acids is 1. The summed E-state index contributed by atoms with van der Waals surface area (Å²) >= 11 is 0. The van der Waals surface area contributed by atoms with E-state index in [0.29, 0.717) is 5.56 Å². The van der Waals surface area contributed by atoms with Crippen molar-refractivity contribution in [1.29, 1.82) is 0 Å². The third kappa shape index (κ3) is 3.47. The standard InChI is InChI=1S/C15H16N2O4/c1-9(2)12(14(18)19)16-8-11-15(20)21-13(17-11)10-6-4-3-5-7-10/h3-9,12,20H,1-2H3,(H,18,19)/t12-/m0/s1. The van der Waals surface area contributed by atoms with Crippen molar-refractivity contribution in [1.82, 2.24) is 4.98 Å². The Morgan fingerprint density at radius 3 is 2.57 bits per heavy atom. The fraction of sp³-hybridized carbons (Fsp3) is 0.267. The van der Waals surface area contributed by atoms with Gasteiger partial charge < -0.3 is 14.6 Å². The van der Waals surface area contributed by atoms with Gasteiger partial charge in [0.25, 0.3) is 0 Å². The number of nitrogens with zero attached hydrogens (tertiary/aromatic N) is 2. The van der Waals surface area contributed by atoms with Gasteiger partial charge in [0, 0.05) is 5.56 Å². The summed E-state index contributed by atoms with van der Waals surface area (Å²) < 4.78 is 5.16. The molecule has 0 aliphatic heterocycles. The number of aromatic hydroxyl groups is 1. The Kier molecular flexibility index (Phi) is 4.37. The quantitative estimate of drug-likeness (QED) is 0.824. The van der Waals surface area contributed by atoms with Crippen molar-refractivity contribution in [2.45, 2.75) is 19.9 Å². The molecule has 0 spiro atoms. The molecule has 110 valence electrons. The van der Waals surface area contributed by atoms with Gasteiger partial charge in [0.15, 0.2) is 5.69 Å². The molecule has 0 aliphatic rings. The number of oxazole rings is 1. The van der Waals surface area contributed by atoms with E-state index in [1.54, 1.807) is 26.0 Å². The van der Waals surface area contributed by atoms with Gasteiger partial charge in [-0.1, -0.05) is 32.0 Å². The van der Waals surface area contributed by atoms with Crippen molar-refractivity contribution in [3.05, 3.63) is 36.0 Å². The lowest BCUT2D eigenvalue weighted by molar-refractivity contribution is -0.139. The van der Waals surface area contributed by atoms with E-state index in [0.717, 1.165) is 0 Å². The number of aliphatic carboxylic acids is 1. The van der Waals surface area contributed by atoms with E-state index < -0.39 is 12.0 Å². The third-order valence-electron chi connectivity index (χ3n) is 2.90. The summed E-state index contributed by atoms with van der Waals surface area (Å²) in [6, 6.07) is 8.20. The average Bonchev–Trinajstić information content (AvgIpc) is 2.81. The van der Waals surface area contributed by atoms with Crippen molar-refractivity contribution >= 4 is 12.2 Å². The highest BCUT2D eigenvalue weighted by Crippen LogP contribution is 2.25. The van der Waals surface area contributed by atoms with E-state index in [9.17, 15) is 9.90 Å². The van der Waals surface area contributed by atoms with Crippen molar-refractivity contribution in [3.63, 3.8) is 0 Å². The Morgan fingerprint density at radius 2 is 2.00 bits per heavy atom. The molecule has 0 saturated heterocycles. The summed E-state index contributed by atoms with van der Waals surface area (Å²) in [5.74, 6) is -1.31. The molecule has 21 heavy (non-hydrogen) atoms. The second-order valence-electron chi connectivity index (χ2n) is 4.88. The van der Waals surface area contributed by atoms with Gasteiger partial charge >= 0.3 is 11.9 Å². The first-order valence-corrected chi connectivity index (χ1v) is 6.50. The summed E-state index contributed by atoms with van der Waals surface area (Å²) in [6.07, 6.45) is 1.23. The van der Waals surface area contributed by atoms with Gasteiger partial charge in [0.1, 0.15) is 6.04 Å². The lowest BCUT2D eigenvalue weighted by Crippen LogP contribution is -2.24. The Bertz CT molecular complexity index is 647. The summed E-state index contributed by atoms with van der Waals surface area (Å²) in [6.45, 7) is 3.52. The fourth-order valence-corrected chi connectivity index (χ4v) is 1.78. The molecule has 6 nitrogen and oxygen atoms in total. The van der Waals surface area contributed by atoms with Crippen LogP contribution in [-0.4, -0.2) is 33.4 Å². The molecule has 6 heteroatoms. The van der Waals surface area contributed by atoms with E-state index in [-0.39, 0.29) is 23.4 Å². The first kappa shape index (κ1) is 14.8. The van der Waals surface area contributed by atoms with Crippen LogP contribution in [0.15, 0.2) is 39.7 Å². The maximum atomic E-state index is 11.1. The zero-order valence-electron chi connectivity index (χ0n) is 11.7. The van der Waals surface area contributed by atoms with Crippen molar-refractivity contribution in [3.8, 4) is 17.4 Å². The largest absolute Gasteiger partial charge is 0.480 e. The van der Waals surface area contributed by atoms with Crippen LogP contribution in [0.4, 0.5) is 0 Å². The summed E-state index contributed by atoms with van der Waals surface area (Å²) in [4.78, 5) is 19.1. The van der Waals surface area contributed by atoms with E-state index >= 15 is 0 Å². The lowest BCUT2D eigenvalue weighted by atomic mass is 10.1. The molecular formula is C15H16N2O4. The molecular weight excluding hydrogens is 272 g/mol. The lowest BCUT2D eigenvalue weighted by Gasteiger charge is -2.09. The molecule has 0 bridgehead atoms. The van der Waals surface area contributed by atoms with Crippen molar-refractivity contribution < 1.29 is 19.4 Å². The van der Waals surface area contributed by atoms with E-state index in [4.69, 9.17) is 9.52 Å². The minimum atomic E-state index is -1.02. The number of carboxylic acid groups (broad SMARTS) is 1. The molecule has 2 rings (SSSR count). The average molecular weight is 288 g/mol. The van der Waals surface area contributed by atoms with Crippen LogP contribution in [0.1, 0.15) is 19.5 Å². The number of benzene rings is 1. The van der Waals surface area contributed by atoms with E-state index in [1.807, 2.05) is 18.2 Å². The van der Waals surface area contributed by atoms with Crippen molar-refractivity contribution in [2.24, 2.45) is 10.9 Å². The molecule has 2 N–H and O–H groups in total. The number of hydrogen-bond donors (Lipinski definition) is 2. The highest BCUT2D eigenvalue weighted by Gasteiger charge is 2.20. The molecule has 1 atom stereocenters. The number of hydrogen-bond acceptors (Lipinski definition) is 5. The van der Waals surface area contributed by atoms with Crippen LogP contribution in [0, 0.1) is 5.92 Å². The predicted molar refractivity (Wildman–Crippen MR) is 77.5 cm³/mol. The van der Waals surface area contributed by atoms with Gasteiger partial charge in [-0.25, -0.2) is 9.78 Å². The first-order valence-electron chi connectivity index (χ1n) is 6.50. The van der Waals surface area contributed by atoms with Crippen LogP contribution in [0.25, 0.3) is 11.5 Å². The maximum Gasteiger partial charge on any atom is 0.328 e. The zero-order chi connectivity index (χ0) is 15.4. The Labute approximate surface area is 121 Å². The predicted octanol–water partition coefficient (Wildman–Crippen LogP) is 2.58. The number of aromatic nitrogens is 1. The number of rotatable bonds is 5. The summed E-state index contributed by atoms with van der Waals surface area (Å²) in [7, 11) is 0. The van der Waals surface area contributed by atoms with Gasteiger partial charge in [-0.05, 0) is 18.1 Å². The van der Waals surface area contributed by atoms with Gasteiger partial charge in [0.05, 0.1) is 6.21 Å². The molecule has 1 aromatic heterocycles. The molecule has 0 saturated carbocycles. The summed E-state index contributed by atoms with van der Waals surface area (Å²) in [5.41, 5.74) is 0.826. The second-order valence-corrected chi connectivity index (χ2v) is 4.88. The zero-order valence-corrected chi connectivity index (χ0v) is 11.7. The van der Waals surface area contributed by atoms with E-state index in [1.165, 1.54) is 6.21 Å². The van der Waals surface area contributed by atoms with Crippen LogP contribution >= 0.6 is 0 Å². The SMILES string of the molecule is CC(C)[C@H](N=Cc1nc(-c2ccccc2)oc1O)C(=O)O. The highest BCUT2D eigenvalue weighted by molar-refractivity contribution is 5.84. The van der Waals surface area contributed by atoms with Crippen LogP contribution < -0.4 is 0 Å². The Hall–Kier alpha value is -2.63. The van der Waals surface area contributed by atoms with Gasteiger partial charge in [-0.3, -0.25) is 4.99 Å². The Balaban J connectivity index is 2.26. The molecule has 2 aromatic rings. The number of aliphatic imine (C=N–C) groups is 1. The molecule has 0 radical (unpaired) electrons. The molecule has 1 aromatic carbocycles. The van der Waals surface area contributed by atoms with Crippen molar-refractivity contribution in [2.75, 3.05) is 0 Å². The third-order valence-corrected chi connectivity index (χ3v) is 2.90. The fourth-order valence-electron chi connectivity index (χ4n) is 1.78. The topological polar surface area (TPSA) is 95.9 Å². The van der Waals surface area contributed by atoms with Crippen LogP contribution in [0.2, 0.25) is 0 Å². The van der Waals surface area contributed by atoms with Crippen LogP contribution in [0.5, 0.6) is 5.95 Å². The van der Waals surface area contributed by atoms with Gasteiger partial charge in [0.2, 0.25) is 5.89 Å². The molecule has 0 aliphatic carbocycles. The maximum absolute atomic E-state index is 11.1.